The smallest absolute Gasteiger partial charge is 0.318 e. The van der Waals surface area contributed by atoms with Gasteiger partial charge in [0.05, 0.1) is 12.8 Å². The van der Waals surface area contributed by atoms with Gasteiger partial charge in [0.1, 0.15) is 0 Å². The number of rotatable bonds is 1. The predicted molar refractivity (Wildman–Crippen MR) is 53.4 cm³/mol. The van der Waals surface area contributed by atoms with Gasteiger partial charge in [0, 0.05) is 11.1 Å². The molecule has 0 fully saturated rings. The van der Waals surface area contributed by atoms with Crippen molar-refractivity contribution in [1.29, 1.82) is 0 Å². The third-order valence-electron chi connectivity index (χ3n) is 2.05. The summed E-state index contributed by atoms with van der Waals surface area (Å²) >= 11 is 0. The molecular weight excluding hydrogens is 178 g/mol. The Balaban J connectivity index is 2.77. The van der Waals surface area contributed by atoms with Crippen molar-refractivity contribution in [3.8, 4) is 6.01 Å². The van der Waals surface area contributed by atoms with E-state index in [0.29, 0.717) is 11.7 Å². The summed E-state index contributed by atoms with van der Waals surface area (Å²) in [5, 5.41) is 0.969. The lowest BCUT2D eigenvalue weighted by molar-refractivity contribution is 0.380. The summed E-state index contributed by atoms with van der Waals surface area (Å²) in [4.78, 5) is 12.7. The van der Waals surface area contributed by atoms with Gasteiger partial charge in [-0.2, -0.15) is 9.97 Å². The maximum atomic E-state index is 4.98. The number of aryl methyl sites for hydroxylation is 2. The molecule has 14 heavy (non-hydrogen) atoms. The van der Waals surface area contributed by atoms with Crippen LogP contribution in [0.5, 0.6) is 6.01 Å². The Labute approximate surface area is 82.0 Å². The summed E-state index contributed by atoms with van der Waals surface area (Å²) in [6.07, 6.45) is 0. The van der Waals surface area contributed by atoms with Gasteiger partial charge in [-0.25, -0.2) is 4.98 Å². The summed E-state index contributed by atoms with van der Waals surface area (Å²) < 4.78 is 4.98. The van der Waals surface area contributed by atoms with E-state index in [2.05, 4.69) is 15.0 Å². The highest BCUT2D eigenvalue weighted by atomic mass is 16.5. The molecule has 0 N–H and O–H groups in total. The van der Waals surface area contributed by atoms with Gasteiger partial charge in [-0.05, 0) is 26.0 Å². The highest BCUT2D eigenvalue weighted by molar-refractivity contribution is 5.77. The Kier molecular flexibility index (Phi) is 2.04. The molecule has 4 nitrogen and oxygen atoms in total. The molecule has 4 heteroatoms. The Hall–Kier alpha value is -1.71. The maximum Gasteiger partial charge on any atom is 0.318 e. The molecule has 0 saturated heterocycles. The molecule has 0 aliphatic rings. The number of methoxy groups -OCH3 is 1. The lowest BCUT2D eigenvalue weighted by Crippen LogP contribution is -1.97. The van der Waals surface area contributed by atoms with Crippen molar-refractivity contribution in [3.63, 3.8) is 0 Å². The van der Waals surface area contributed by atoms with Gasteiger partial charge in [-0.3, -0.25) is 0 Å². The molecule has 2 aromatic heterocycles. The maximum absolute atomic E-state index is 4.98. The highest BCUT2D eigenvalue weighted by Gasteiger charge is 2.05. The topological polar surface area (TPSA) is 47.9 Å². The van der Waals surface area contributed by atoms with E-state index in [1.807, 2.05) is 26.0 Å². The largest absolute Gasteiger partial charge is 0.467 e. The van der Waals surface area contributed by atoms with Gasteiger partial charge in [-0.15, -0.1) is 0 Å². The molecule has 0 spiro atoms. The molecule has 0 aromatic carbocycles. The van der Waals surface area contributed by atoms with Crippen LogP contribution in [-0.4, -0.2) is 22.1 Å². The van der Waals surface area contributed by atoms with Crippen LogP contribution >= 0.6 is 0 Å². The number of fused-ring (bicyclic) bond motifs is 1. The summed E-state index contributed by atoms with van der Waals surface area (Å²) in [7, 11) is 1.55. The number of nitrogens with zero attached hydrogens (tertiary/aromatic N) is 3. The molecule has 2 aromatic rings. The van der Waals surface area contributed by atoms with E-state index < -0.39 is 0 Å². The van der Waals surface area contributed by atoms with E-state index >= 15 is 0 Å². The molecule has 0 aliphatic heterocycles. The third kappa shape index (κ3) is 1.39. The van der Waals surface area contributed by atoms with Crippen LogP contribution in [0.3, 0.4) is 0 Å². The van der Waals surface area contributed by atoms with E-state index in [1.165, 1.54) is 0 Å². The molecule has 0 saturated carbocycles. The summed E-state index contributed by atoms with van der Waals surface area (Å²) in [6.45, 7) is 3.85. The lowest BCUT2D eigenvalue weighted by atomic mass is 10.2. The van der Waals surface area contributed by atoms with E-state index in [9.17, 15) is 0 Å². The second-order valence-electron chi connectivity index (χ2n) is 3.12. The second-order valence-corrected chi connectivity index (χ2v) is 3.12. The SMILES string of the molecule is COc1nc(C)c2ccc(C)nc2n1. The average molecular weight is 189 g/mol. The molecule has 0 radical (unpaired) electrons. The number of ether oxygens (including phenoxy) is 1. The molecule has 72 valence electrons. The fraction of sp³-hybridized carbons (Fsp3) is 0.300. The Morgan fingerprint density at radius 2 is 1.86 bits per heavy atom. The summed E-state index contributed by atoms with van der Waals surface area (Å²) in [6, 6.07) is 4.30. The minimum absolute atomic E-state index is 0.369. The number of hydrogen-bond donors (Lipinski definition) is 0. The van der Waals surface area contributed by atoms with E-state index in [1.54, 1.807) is 7.11 Å². The fourth-order valence-electron chi connectivity index (χ4n) is 1.32. The van der Waals surface area contributed by atoms with Crippen LogP contribution in [0.2, 0.25) is 0 Å². The van der Waals surface area contributed by atoms with Crippen molar-refractivity contribution < 1.29 is 4.74 Å². The predicted octanol–water partition coefficient (Wildman–Crippen LogP) is 1.65. The monoisotopic (exact) mass is 189 g/mol. The van der Waals surface area contributed by atoms with Gasteiger partial charge in [0.15, 0.2) is 5.65 Å². The first-order valence-electron chi connectivity index (χ1n) is 4.36. The van der Waals surface area contributed by atoms with Crippen LogP contribution in [0.15, 0.2) is 12.1 Å². The van der Waals surface area contributed by atoms with Crippen LogP contribution in [0.1, 0.15) is 11.4 Å². The van der Waals surface area contributed by atoms with Crippen molar-refractivity contribution in [2.75, 3.05) is 7.11 Å². The molecule has 2 heterocycles. The number of hydrogen-bond acceptors (Lipinski definition) is 4. The standard InChI is InChI=1S/C10H11N3O/c1-6-4-5-8-7(2)12-10(14-3)13-9(8)11-6/h4-5H,1-3H3. The van der Waals surface area contributed by atoms with Crippen molar-refractivity contribution in [2.45, 2.75) is 13.8 Å². The van der Waals surface area contributed by atoms with Crippen LogP contribution in [-0.2, 0) is 0 Å². The molecule has 0 unspecified atom stereocenters. The number of aromatic nitrogens is 3. The normalized spacial score (nSPS) is 10.5. The zero-order valence-electron chi connectivity index (χ0n) is 8.40. The first-order valence-corrected chi connectivity index (χ1v) is 4.36. The molecule has 2 rings (SSSR count). The number of pyridine rings is 1. The molecule has 0 atom stereocenters. The van der Waals surface area contributed by atoms with Crippen molar-refractivity contribution in [1.82, 2.24) is 15.0 Å². The molecule has 0 bridgehead atoms. The van der Waals surface area contributed by atoms with Crippen molar-refractivity contribution in [3.05, 3.63) is 23.5 Å². The fourth-order valence-corrected chi connectivity index (χ4v) is 1.32. The van der Waals surface area contributed by atoms with Crippen molar-refractivity contribution >= 4 is 11.0 Å². The van der Waals surface area contributed by atoms with Crippen LogP contribution < -0.4 is 4.74 Å². The minimum atomic E-state index is 0.369. The van der Waals surface area contributed by atoms with E-state index in [4.69, 9.17) is 4.74 Å². The highest BCUT2D eigenvalue weighted by Crippen LogP contribution is 2.16. The van der Waals surface area contributed by atoms with Gasteiger partial charge in [0.2, 0.25) is 0 Å². The lowest BCUT2D eigenvalue weighted by Gasteiger charge is -2.03. The third-order valence-corrected chi connectivity index (χ3v) is 2.05. The minimum Gasteiger partial charge on any atom is -0.467 e. The van der Waals surface area contributed by atoms with Crippen LogP contribution in [0.25, 0.3) is 11.0 Å². The zero-order chi connectivity index (χ0) is 10.1. The van der Waals surface area contributed by atoms with Crippen molar-refractivity contribution in [2.24, 2.45) is 0 Å². The summed E-state index contributed by atoms with van der Waals surface area (Å²) in [5.74, 6) is 0. The first kappa shape index (κ1) is 8.87. The Bertz CT molecular complexity index is 482. The molecular formula is C10H11N3O. The summed E-state index contributed by atoms with van der Waals surface area (Å²) in [5.41, 5.74) is 2.52. The Morgan fingerprint density at radius 3 is 2.57 bits per heavy atom. The zero-order valence-corrected chi connectivity index (χ0v) is 8.40. The van der Waals surface area contributed by atoms with E-state index in [0.717, 1.165) is 16.8 Å². The van der Waals surface area contributed by atoms with Crippen LogP contribution in [0, 0.1) is 13.8 Å². The Morgan fingerprint density at radius 1 is 1.07 bits per heavy atom. The van der Waals surface area contributed by atoms with Gasteiger partial charge in [0.25, 0.3) is 0 Å². The van der Waals surface area contributed by atoms with Crippen LogP contribution in [0.4, 0.5) is 0 Å². The van der Waals surface area contributed by atoms with E-state index in [-0.39, 0.29) is 0 Å². The average Bonchev–Trinajstić information content (AvgIpc) is 2.16. The first-order chi connectivity index (χ1) is 6.70. The second kappa shape index (κ2) is 3.21. The molecule has 0 amide bonds. The quantitative estimate of drug-likeness (QED) is 0.684. The molecule has 0 aliphatic carbocycles. The van der Waals surface area contributed by atoms with Gasteiger partial charge < -0.3 is 4.74 Å². The van der Waals surface area contributed by atoms with Gasteiger partial charge in [-0.1, -0.05) is 0 Å². The van der Waals surface area contributed by atoms with Gasteiger partial charge >= 0.3 is 6.01 Å².